The van der Waals surface area contributed by atoms with Gasteiger partial charge in [-0.3, -0.25) is 4.79 Å². The van der Waals surface area contributed by atoms with Gasteiger partial charge >= 0.3 is 5.97 Å². The fraction of sp³-hybridized carbons (Fsp3) is 0.923. The van der Waals surface area contributed by atoms with Crippen LogP contribution in [0.1, 0.15) is 72.6 Å². The van der Waals surface area contributed by atoms with Gasteiger partial charge in [0.1, 0.15) is 0 Å². The predicted octanol–water partition coefficient (Wildman–Crippen LogP) is 4.48. The summed E-state index contributed by atoms with van der Waals surface area (Å²) in [5, 5.41) is 8.42. The molecule has 0 rings (SSSR count). The maximum atomic E-state index is 10.2. The van der Waals surface area contributed by atoms with Crippen LogP contribution < -0.4 is 0 Å². The number of hydrogen-bond acceptors (Lipinski definition) is 1. The minimum atomic E-state index is -0.666. The predicted molar refractivity (Wildman–Crippen MR) is 66.1 cm³/mol. The van der Waals surface area contributed by atoms with Gasteiger partial charge in [0.05, 0.1) is 0 Å². The van der Waals surface area contributed by atoms with Crippen LogP contribution in [0.2, 0.25) is 0 Å². The van der Waals surface area contributed by atoms with Gasteiger partial charge < -0.3 is 5.11 Å². The molecule has 92 valence electrons. The minimum Gasteiger partial charge on any atom is -0.481 e. The smallest absolute Gasteiger partial charge is 0.303 e. The van der Waals surface area contributed by atoms with Crippen molar-refractivity contribution in [2.75, 3.05) is 0 Å². The molecule has 0 aliphatic heterocycles. The van der Waals surface area contributed by atoms with E-state index in [1.165, 1.54) is 25.7 Å². The number of carboxylic acid groups (broad SMARTS) is 1. The molecule has 1 atom stereocenters. The Morgan fingerprint density at radius 2 is 1.67 bits per heavy atom. The summed E-state index contributed by atoms with van der Waals surface area (Å²) in [6.45, 7) is 8.47. The van der Waals surface area contributed by atoms with E-state index in [0.717, 1.165) is 18.8 Å². The van der Waals surface area contributed by atoms with E-state index in [1.54, 1.807) is 0 Å². The first-order chi connectivity index (χ1) is 7.16. The van der Waals surface area contributed by atoms with E-state index in [-0.39, 0.29) is 0 Å². The lowest BCUT2D eigenvalue weighted by molar-refractivity contribution is -0.137. The van der Waals surface area contributed by atoms with Crippen molar-refractivity contribution in [1.29, 1.82) is 0 Å². The van der Waals surface area contributed by atoms with Crippen molar-refractivity contribution >= 4 is 5.97 Å². The molecule has 0 aliphatic carbocycles. The third kappa shape index (κ3) is 16.2. The first-order valence-electron chi connectivity index (χ1n) is 6.38. The van der Waals surface area contributed by atoms with Crippen molar-refractivity contribution < 1.29 is 9.90 Å². The summed E-state index contributed by atoms with van der Waals surface area (Å²) in [7, 11) is 0. The third-order valence-corrected chi connectivity index (χ3v) is 2.39. The molecule has 0 amide bonds. The average molecular weight is 216 g/mol. The lowest BCUT2D eigenvalue weighted by Crippen LogP contribution is -1.97. The third-order valence-electron chi connectivity index (χ3n) is 2.39. The Morgan fingerprint density at radius 1 is 1.13 bits per heavy atom. The van der Waals surface area contributed by atoms with Crippen LogP contribution in [0.3, 0.4) is 0 Å². The van der Waals surface area contributed by atoms with E-state index in [2.05, 4.69) is 13.8 Å². The molecule has 2 nitrogen and oxygen atoms in total. The molecule has 0 radical (unpaired) electrons. The lowest BCUT2D eigenvalue weighted by Gasteiger charge is -2.09. The van der Waals surface area contributed by atoms with Crippen LogP contribution in [0.15, 0.2) is 0 Å². The molecule has 0 heterocycles. The Hall–Kier alpha value is -0.530. The summed E-state index contributed by atoms with van der Waals surface area (Å²) in [6, 6.07) is 0. The highest BCUT2D eigenvalue weighted by molar-refractivity contribution is 5.66. The molecule has 0 aromatic carbocycles. The minimum absolute atomic E-state index is 0.334. The van der Waals surface area contributed by atoms with Crippen LogP contribution in [-0.4, -0.2) is 11.1 Å². The van der Waals surface area contributed by atoms with Crippen LogP contribution >= 0.6 is 0 Å². The van der Waals surface area contributed by atoms with Crippen molar-refractivity contribution in [3.63, 3.8) is 0 Å². The van der Waals surface area contributed by atoms with Crippen LogP contribution in [0.25, 0.3) is 0 Å². The Kier molecular flexibility index (Phi) is 15.2. The normalized spacial score (nSPS) is 11.5. The summed E-state index contributed by atoms with van der Waals surface area (Å²) in [5.41, 5.74) is 0. The number of carboxylic acids is 1. The van der Waals surface area contributed by atoms with Crippen LogP contribution in [0, 0.1) is 5.92 Å². The molecule has 0 aromatic heterocycles. The van der Waals surface area contributed by atoms with E-state index in [0.29, 0.717) is 6.42 Å². The van der Waals surface area contributed by atoms with E-state index in [9.17, 15) is 4.79 Å². The largest absolute Gasteiger partial charge is 0.481 e. The van der Waals surface area contributed by atoms with Crippen LogP contribution in [0.5, 0.6) is 0 Å². The summed E-state index contributed by atoms with van der Waals surface area (Å²) in [6.07, 6.45) is 7.29. The van der Waals surface area contributed by atoms with E-state index in [4.69, 9.17) is 5.11 Å². The van der Waals surface area contributed by atoms with Crippen LogP contribution in [0.4, 0.5) is 0 Å². The standard InChI is InChI=1S/C11H22O2.C2H6/c1-3-4-7-10(2)8-5-6-9-11(12)13;1-2/h10H,3-9H2,1-2H3,(H,12,13);1-2H3. The molecule has 0 bridgehead atoms. The van der Waals surface area contributed by atoms with Crippen molar-refractivity contribution in [2.24, 2.45) is 5.92 Å². The summed E-state index contributed by atoms with van der Waals surface area (Å²) < 4.78 is 0. The Labute approximate surface area is 95.1 Å². The van der Waals surface area contributed by atoms with Crippen LogP contribution in [-0.2, 0) is 4.79 Å². The fourth-order valence-corrected chi connectivity index (χ4v) is 1.47. The first-order valence-corrected chi connectivity index (χ1v) is 6.38. The molecular weight excluding hydrogens is 188 g/mol. The monoisotopic (exact) mass is 216 g/mol. The highest BCUT2D eigenvalue weighted by Crippen LogP contribution is 2.15. The van der Waals surface area contributed by atoms with E-state index < -0.39 is 5.97 Å². The van der Waals surface area contributed by atoms with Gasteiger partial charge in [-0.05, 0) is 12.3 Å². The van der Waals surface area contributed by atoms with E-state index >= 15 is 0 Å². The number of aliphatic carboxylic acids is 1. The second kappa shape index (κ2) is 13.5. The highest BCUT2D eigenvalue weighted by atomic mass is 16.4. The zero-order valence-electron chi connectivity index (χ0n) is 10.9. The van der Waals surface area contributed by atoms with Gasteiger partial charge in [-0.2, -0.15) is 0 Å². The molecular formula is C13H28O2. The number of rotatable bonds is 8. The second-order valence-corrected chi connectivity index (χ2v) is 3.89. The van der Waals surface area contributed by atoms with Gasteiger partial charge in [-0.15, -0.1) is 0 Å². The summed E-state index contributed by atoms with van der Waals surface area (Å²) >= 11 is 0. The topological polar surface area (TPSA) is 37.3 Å². The number of carbonyl (C=O) groups is 1. The van der Waals surface area contributed by atoms with Gasteiger partial charge in [0.15, 0.2) is 0 Å². The lowest BCUT2D eigenvalue weighted by atomic mass is 9.97. The summed E-state index contributed by atoms with van der Waals surface area (Å²) in [4.78, 5) is 10.2. The molecule has 1 N–H and O–H groups in total. The van der Waals surface area contributed by atoms with Gasteiger partial charge in [0.25, 0.3) is 0 Å². The second-order valence-electron chi connectivity index (χ2n) is 3.89. The molecule has 0 saturated carbocycles. The SMILES string of the molecule is CC.CCCCC(C)CCCCC(=O)O. The maximum Gasteiger partial charge on any atom is 0.303 e. The molecule has 0 aliphatic rings. The molecule has 15 heavy (non-hydrogen) atoms. The number of hydrogen-bond donors (Lipinski definition) is 1. The Balaban J connectivity index is 0. The zero-order valence-corrected chi connectivity index (χ0v) is 10.9. The number of unbranched alkanes of at least 4 members (excludes halogenated alkanes) is 2. The molecule has 0 aromatic rings. The highest BCUT2D eigenvalue weighted by Gasteiger charge is 2.02. The van der Waals surface area contributed by atoms with Gasteiger partial charge in [-0.25, -0.2) is 0 Å². The zero-order chi connectivity index (χ0) is 12.1. The Bertz CT molecular complexity index is 132. The van der Waals surface area contributed by atoms with Crippen molar-refractivity contribution in [3.8, 4) is 0 Å². The van der Waals surface area contributed by atoms with Crippen molar-refractivity contribution in [2.45, 2.75) is 72.6 Å². The van der Waals surface area contributed by atoms with Crippen molar-refractivity contribution in [1.82, 2.24) is 0 Å². The van der Waals surface area contributed by atoms with Gasteiger partial charge in [-0.1, -0.05) is 59.8 Å². The molecule has 0 spiro atoms. The molecule has 0 fully saturated rings. The molecule has 1 unspecified atom stereocenters. The Morgan fingerprint density at radius 3 is 2.13 bits per heavy atom. The van der Waals surface area contributed by atoms with Gasteiger partial charge in [0.2, 0.25) is 0 Å². The maximum absolute atomic E-state index is 10.2. The van der Waals surface area contributed by atoms with Crippen molar-refractivity contribution in [3.05, 3.63) is 0 Å². The van der Waals surface area contributed by atoms with Gasteiger partial charge in [0, 0.05) is 6.42 Å². The first kappa shape index (κ1) is 16.9. The molecule has 0 saturated heterocycles. The average Bonchev–Trinajstić information content (AvgIpc) is 2.24. The quantitative estimate of drug-likeness (QED) is 0.607. The molecule has 2 heteroatoms. The summed E-state index contributed by atoms with van der Waals surface area (Å²) in [5.74, 6) is 0.106. The van der Waals surface area contributed by atoms with E-state index in [1.807, 2.05) is 13.8 Å². The fourth-order valence-electron chi connectivity index (χ4n) is 1.47.